The van der Waals surface area contributed by atoms with Gasteiger partial charge in [0.25, 0.3) is 0 Å². The average molecular weight is 1070 g/mol. The fourth-order valence-electron chi connectivity index (χ4n) is 11.4. The lowest BCUT2D eigenvalue weighted by Gasteiger charge is -2.24. The summed E-state index contributed by atoms with van der Waals surface area (Å²) in [7, 11) is 0. The van der Waals surface area contributed by atoms with Gasteiger partial charge in [0.2, 0.25) is 0 Å². The maximum Gasteiger partial charge on any atom is 0.306 e. The van der Waals surface area contributed by atoms with E-state index in [1.807, 2.05) is 19.9 Å². The number of hydrogen-bond acceptors (Lipinski definition) is 6. The van der Waals surface area contributed by atoms with Crippen LogP contribution in [0.1, 0.15) is 337 Å². The van der Waals surface area contributed by atoms with Gasteiger partial charge >= 0.3 is 5.97 Å². The molecule has 1 unspecified atom stereocenters. The molecular weight excluding hydrogens is 935 g/mol. The molecule has 1 aliphatic heterocycles. The number of carbonyl (C=O) groups excluding carboxylic acids is 3. The second-order valence-electron chi connectivity index (χ2n) is 23.5. The Balaban J connectivity index is 0.00000266. The van der Waals surface area contributed by atoms with Crippen molar-refractivity contribution in [2.24, 2.45) is 17.8 Å². The maximum absolute atomic E-state index is 12.9. The SMILES string of the molecule is C=CCCCC(CCCCC)CCCCC.CC.CCCCCCCCC(CCCCCCCC)OC(=O)CCCCCCCOC[C@@H]1C[C@H](C=CC(=O)CCC2CCC=CCCC2)CN1CCCCCCCC(C)=O. The molecular formula is C70H131NO5. The lowest BCUT2D eigenvalue weighted by atomic mass is 9.89. The first-order valence-corrected chi connectivity index (χ1v) is 33.7. The van der Waals surface area contributed by atoms with E-state index < -0.39 is 0 Å². The Morgan fingerprint density at radius 1 is 0.605 bits per heavy atom. The van der Waals surface area contributed by atoms with E-state index in [1.54, 1.807) is 6.92 Å². The zero-order valence-corrected chi connectivity index (χ0v) is 52.1. The van der Waals surface area contributed by atoms with Crippen LogP contribution in [-0.2, 0) is 23.9 Å². The topological polar surface area (TPSA) is 72.9 Å². The monoisotopic (exact) mass is 1070 g/mol. The summed E-state index contributed by atoms with van der Waals surface area (Å²) in [6, 6.07) is 0.405. The van der Waals surface area contributed by atoms with Crippen LogP contribution in [-0.4, -0.2) is 60.9 Å². The highest BCUT2D eigenvalue weighted by Gasteiger charge is 2.30. The second kappa shape index (κ2) is 57.6. The third kappa shape index (κ3) is 47.9. The van der Waals surface area contributed by atoms with Gasteiger partial charge in [0.1, 0.15) is 11.9 Å². The molecule has 0 aromatic heterocycles. The Kier molecular flexibility index (Phi) is 56.1. The number of likely N-dealkylation sites (tertiary alicyclic amines) is 1. The largest absolute Gasteiger partial charge is 0.462 e. The van der Waals surface area contributed by atoms with Crippen LogP contribution >= 0.6 is 0 Å². The Hall–Kier alpha value is -2.05. The minimum Gasteiger partial charge on any atom is -0.462 e. The summed E-state index contributed by atoms with van der Waals surface area (Å²) in [4.78, 5) is 39.6. The fraction of sp³-hybridized carbons (Fsp3) is 0.871. The quantitative estimate of drug-likeness (QED) is 0.0262. The number of allylic oxidation sites excluding steroid dienone is 4. The number of nitrogens with zero attached hydrogens (tertiary/aromatic N) is 1. The number of rotatable bonds is 50. The first-order chi connectivity index (χ1) is 37.3. The highest BCUT2D eigenvalue weighted by molar-refractivity contribution is 5.89. The van der Waals surface area contributed by atoms with Gasteiger partial charge in [0, 0.05) is 38.5 Å². The van der Waals surface area contributed by atoms with Crippen LogP contribution in [0.3, 0.4) is 0 Å². The first-order valence-electron chi connectivity index (χ1n) is 33.7. The zero-order valence-electron chi connectivity index (χ0n) is 52.1. The van der Waals surface area contributed by atoms with Crippen LogP contribution in [0.2, 0.25) is 0 Å². The minimum absolute atomic E-state index is 0.0138. The summed E-state index contributed by atoms with van der Waals surface area (Å²) in [6.45, 7) is 22.3. The molecule has 1 saturated heterocycles. The number of ether oxygens (including phenoxy) is 2. The van der Waals surface area contributed by atoms with E-state index in [9.17, 15) is 14.4 Å². The van der Waals surface area contributed by atoms with Crippen LogP contribution in [0.25, 0.3) is 0 Å². The van der Waals surface area contributed by atoms with Crippen molar-refractivity contribution < 1.29 is 23.9 Å². The lowest BCUT2D eigenvalue weighted by Crippen LogP contribution is -2.34. The van der Waals surface area contributed by atoms with E-state index in [-0.39, 0.29) is 12.1 Å². The fourth-order valence-corrected chi connectivity index (χ4v) is 11.4. The number of unbranched alkanes of at least 4 members (excludes halogenated alkanes) is 23. The molecule has 0 aromatic carbocycles. The molecule has 1 aliphatic carbocycles. The van der Waals surface area contributed by atoms with Crippen LogP contribution in [0.5, 0.6) is 0 Å². The number of Topliss-reactive ketones (excluding diaryl/α,β-unsaturated/α-hetero) is 1. The van der Waals surface area contributed by atoms with E-state index in [0.29, 0.717) is 48.7 Å². The molecule has 0 aromatic rings. The van der Waals surface area contributed by atoms with Gasteiger partial charge in [0.05, 0.1) is 6.61 Å². The van der Waals surface area contributed by atoms with Crippen molar-refractivity contribution in [1.82, 2.24) is 4.90 Å². The predicted octanol–water partition coefficient (Wildman–Crippen LogP) is 21.6. The van der Waals surface area contributed by atoms with E-state index >= 15 is 0 Å². The molecule has 0 spiro atoms. The Morgan fingerprint density at radius 2 is 1.13 bits per heavy atom. The molecule has 2 rings (SSSR count). The molecule has 0 saturated carbocycles. The Bertz CT molecular complexity index is 1310. The van der Waals surface area contributed by atoms with E-state index in [1.165, 1.54) is 193 Å². The van der Waals surface area contributed by atoms with Gasteiger partial charge in [-0.2, -0.15) is 0 Å². The molecule has 3 atom stereocenters. The summed E-state index contributed by atoms with van der Waals surface area (Å²) in [5, 5.41) is 0. The van der Waals surface area contributed by atoms with Gasteiger partial charge < -0.3 is 14.3 Å². The van der Waals surface area contributed by atoms with Gasteiger partial charge in [-0.25, -0.2) is 0 Å². The van der Waals surface area contributed by atoms with E-state index in [2.05, 4.69) is 63.5 Å². The number of carbonyl (C=O) groups is 3. The molecule has 76 heavy (non-hydrogen) atoms. The van der Waals surface area contributed by atoms with Crippen LogP contribution < -0.4 is 0 Å². The molecule has 6 nitrogen and oxygen atoms in total. The summed E-state index contributed by atoms with van der Waals surface area (Å²) >= 11 is 0. The highest BCUT2D eigenvalue weighted by Crippen LogP contribution is 2.28. The molecule has 2 aliphatic rings. The Morgan fingerprint density at radius 3 is 1.75 bits per heavy atom. The van der Waals surface area contributed by atoms with Gasteiger partial charge in [-0.15, -0.1) is 6.58 Å². The molecule has 1 fully saturated rings. The number of esters is 1. The standard InChI is InChI=1S/C52H93NO5.C16H32.C2H6/c1-4-6-8-10-18-26-34-51(35-27-19-11-9-7-5-2)58-52(56)36-28-20-14-22-30-42-57-45-49-43-48(44-53(49)41-29-21-13-15-23-31-46(3)54)38-40-50(55)39-37-47-32-24-16-12-17-25-33-47;1-4-7-10-13-16(14-11-8-5-2)15-12-9-6-3;1-2/h12,16,38,40,47-49,51H,4-11,13-15,17-37,39,41-45H2,1-3H3;4,16H,1,5-15H2,2-3H3;1-2H3/t47?,48-,49-;;/m0../s1. The summed E-state index contributed by atoms with van der Waals surface area (Å²) in [6.07, 6.45) is 64.9. The molecule has 0 radical (unpaired) electrons. The van der Waals surface area contributed by atoms with Crippen molar-refractivity contribution in [3.63, 3.8) is 0 Å². The van der Waals surface area contributed by atoms with Crippen LogP contribution in [0, 0.1) is 17.8 Å². The molecule has 446 valence electrons. The number of ketones is 2. The zero-order chi connectivity index (χ0) is 55.8. The first kappa shape index (κ1) is 74.0. The van der Waals surface area contributed by atoms with Crippen molar-refractivity contribution in [1.29, 1.82) is 0 Å². The van der Waals surface area contributed by atoms with Crippen molar-refractivity contribution in [2.75, 3.05) is 26.3 Å². The van der Waals surface area contributed by atoms with Crippen molar-refractivity contribution in [3.05, 3.63) is 37.0 Å². The van der Waals surface area contributed by atoms with Crippen molar-refractivity contribution in [2.45, 2.75) is 350 Å². The summed E-state index contributed by atoms with van der Waals surface area (Å²) in [5.41, 5.74) is 0. The van der Waals surface area contributed by atoms with E-state index in [4.69, 9.17) is 9.47 Å². The van der Waals surface area contributed by atoms with Gasteiger partial charge in [-0.1, -0.05) is 233 Å². The Labute approximate surface area is 474 Å². The smallest absolute Gasteiger partial charge is 0.306 e. The van der Waals surface area contributed by atoms with Crippen molar-refractivity contribution >= 4 is 17.5 Å². The summed E-state index contributed by atoms with van der Waals surface area (Å²) in [5.74, 6) is 2.70. The third-order valence-corrected chi connectivity index (χ3v) is 16.3. The third-order valence-electron chi connectivity index (χ3n) is 16.3. The molecule has 0 N–H and O–H groups in total. The normalized spacial score (nSPS) is 16.8. The molecule has 6 heteroatoms. The molecule has 1 heterocycles. The second-order valence-corrected chi connectivity index (χ2v) is 23.5. The average Bonchev–Trinajstić information content (AvgIpc) is 3.80. The molecule has 0 bridgehead atoms. The van der Waals surface area contributed by atoms with Crippen molar-refractivity contribution in [3.8, 4) is 0 Å². The highest BCUT2D eigenvalue weighted by atomic mass is 16.5. The van der Waals surface area contributed by atoms with Crippen LogP contribution in [0.15, 0.2) is 37.0 Å². The van der Waals surface area contributed by atoms with Gasteiger partial charge in [-0.05, 0) is 140 Å². The van der Waals surface area contributed by atoms with Gasteiger partial charge in [0.15, 0.2) is 5.78 Å². The lowest BCUT2D eigenvalue weighted by molar-refractivity contribution is -0.150. The minimum atomic E-state index is 0.0138. The predicted molar refractivity (Wildman–Crippen MR) is 333 cm³/mol. The van der Waals surface area contributed by atoms with Gasteiger partial charge in [-0.3, -0.25) is 14.5 Å². The van der Waals surface area contributed by atoms with Crippen LogP contribution in [0.4, 0.5) is 0 Å². The summed E-state index contributed by atoms with van der Waals surface area (Å²) < 4.78 is 12.3. The number of hydrogen-bond donors (Lipinski definition) is 0. The molecule has 0 amide bonds. The maximum atomic E-state index is 12.9. The van der Waals surface area contributed by atoms with E-state index in [0.717, 1.165) is 109 Å².